The van der Waals surface area contributed by atoms with Crippen LogP contribution in [0.4, 0.5) is 0 Å². The van der Waals surface area contributed by atoms with E-state index in [0.717, 1.165) is 28.3 Å². The molecule has 5 heteroatoms. The molecule has 0 radical (unpaired) electrons. The Labute approximate surface area is 177 Å². The Hall–Kier alpha value is -3.34. The molecule has 2 N–H and O–H groups in total. The van der Waals surface area contributed by atoms with Gasteiger partial charge in [0.25, 0.3) is 5.91 Å². The summed E-state index contributed by atoms with van der Waals surface area (Å²) in [6, 6.07) is 21.5. The molecule has 0 saturated carbocycles. The first-order valence-electron chi connectivity index (χ1n) is 10.3. The van der Waals surface area contributed by atoms with Gasteiger partial charge in [0.2, 0.25) is 5.91 Å². The third-order valence-electron chi connectivity index (χ3n) is 5.29. The van der Waals surface area contributed by atoms with Crippen LogP contribution in [-0.2, 0) is 16.0 Å². The highest BCUT2D eigenvalue weighted by Crippen LogP contribution is 2.29. The van der Waals surface area contributed by atoms with Crippen molar-refractivity contribution in [2.45, 2.75) is 45.6 Å². The molecule has 3 rings (SSSR count). The van der Waals surface area contributed by atoms with Crippen LogP contribution in [-0.4, -0.2) is 17.9 Å². The van der Waals surface area contributed by atoms with Gasteiger partial charge in [0, 0.05) is 0 Å². The maximum atomic E-state index is 12.4. The van der Waals surface area contributed by atoms with Gasteiger partial charge in [-0.2, -0.15) is 0 Å². The quantitative estimate of drug-likeness (QED) is 0.569. The highest BCUT2D eigenvalue weighted by molar-refractivity contribution is 5.91. The topological polar surface area (TPSA) is 67.4 Å². The number of nitrogens with one attached hydrogen (secondary N) is 2. The minimum absolute atomic E-state index is 0.174. The lowest BCUT2D eigenvalue weighted by Gasteiger charge is -2.19. The van der Waals surface area contributed by atoms with Crippen molar-refractivity contribution < 1.29 is 14.3 Å². The molecule has 0 aliphatic carbocycles. The van der Waals surface area contributed by atoms with Gasteiger partial charge in [-0.25, -0.2) is 0 Å². The zero-order valence-corrected chi connectivity index (χ0v) is 17.6. The molecular weight excluding hydrogens is 376 g/mol. The first kappa shape index (κ1) is 21.4. The van der Waals surface area contributed by atoms with Gasteiger partial charge in [0.15, 0.2) is 6.10 Å². The van der Waals surface area contributed by atoms with Crippen molar-refractivity contribution >= 4 is 22.6 Å². The van der Waals surface area contributed by atoms with Crippen molar-refractivity contribution in [1.82, 2.24) is 10.9 Å². The second-order valence-electron chi connectivity index (χ2n) is 7.46. The van der Waals surface area contributed by atoms with Crippen LogP contribution in [0.2, 0.25) is 0 Å². The highest BCUT2D eigenvalue weighted by atomic mass is 16.5. The average Bonchev–Trinajstić information content (AvgIpc) is 2.77. The van der Waals surface area contributed by atoms with Crippen LogP contribution in [0, 0.1) is 0 Å². The SMILES string of the molecule is CCC(C)c1ccccc1OC(C)C(=O)NNC(=O)Cc1cccc2ccccc12. The monoisotopic (exact) mass is 404 g/mol. The van der Waals surface area contributed by atoms with Gasteiger partial charge in [-0.3, -0.25) is 20.4 Å². The maximum Gasteiger partial charge on any atom is 0.279 e. The number of rotatable bonds is 7. The zero-order chi connectivity index (χ0) is 21.5. The largest absolute Gasteiger partial charge is 0.481 e. The lowest BCUT2D eigenvalue weighted by Crippen LogP contribution is -2.47. The molecule has 0 spiro atoms. The van der Waals surface area contributed by atoms with Crippen LogP contribution >= 0.6 is 0 Å². The van der Waals surface area contributed by atoms with Crippen LogP contribution in [0.1, 0.15) is 44.2 Å². The second-order valence-corrected chi connectivity index (χ2v) is 7.46. The lowest BCUT2D eigenvalue weighted by atomic mass is 9.98. The first-order chi connectivity index (χ1) is 14.5. The molecule has 0 heterocycles. The number of amides is 2. The number of hydrogen-bond acceptors (Lipinski definition) is 3. The molecule has 3 aromatic rings. The molecule has 2 atom stereocenters. The summed E-state index contributed by atoms with van der Waals surface area (Å²) in [6.45, 7) is 5.91. The van der Waals surface area contributed by atoms with Gasteiger partial charge in [0.1, 0.15) is 5.75 Å². The smallest absolute Gasteiger partial charge is 0.279 e. The molecule has 0 saturated heterocycles. The molecule has 3 aromatic carbocycles. The Balaban J connectivity index is 1.57. The summed E-state index contributed by atoms with van der Waals surface area (Å²) < 4.78 is 5.88. The van der Waals surface area contributed by atoms with Crippen LogP contribution in [0.15, 0.2) is 66.7 Å². The number of ether oxygens (including phenoxy) is 1. The molecule has 156 valence electrons. The van der Waals surface area contributed by atoms with Crippen LogP contribution in [0.5, 0.6) is 5.75 Å². The van der Waals surface area contributed by atoms with Crippen molar-refractivity contribution in [3.05, 3.63) is 77.9 Å². The first-order valence-corrected chi connectivity index (χ1v) is 10.3. The van der Waals surface area contributed by atoms with Gasteiger partial charge in [0.05, 0.1) is 6.42 Å². The molecular formula is C25H28N2O3. The van der Waals surface area contributed by atoms with Gasteiger partial charge in [-0.15, -0.1) is 0 Å². The molecule has 5 nitrogen and oxygen atoms in total. The fourth-order valence-electron chi connectivity index (χ4n) is 3.36. The second kappa shape index (κ2) is 9.92. The Morgan fingerprint density at radius 1 is 0.900 bits per heavy atom. The Morgan fingerprint density at radius 2 is 1.60 bits per heavy atom. The van der Waals surface area contributed by atoms with E-state index >= 15 is 0 Å². The number of fused-ring (bicyclic) bond motifs is 1. The number of carbonyl (C=O) groups is 2. The third-order valence-corrected chi connectivity index (χ3v) is 5.29. The van der Waals surface area contributed by atoms with Gasteiger partial charge in [-0.05, 0) is 47.2 Å². The number of para-hydroxylation sites is 1. The predicted octanol–water partition coefficient (Wildman–Crippen LogP) is 4.51. The van der Waals surface area contributed by atoms with E-state index in [1.165, 1.54) is 0 Å². The molecule has 2 unspecified atom stereocenters. The minimum Gasteiger partial charge on any atom is -0.481 e. The normalized spacial score (nSPS) is 12.8. The van der Waals surface area contributed by atoms with Gasteiger partial charge >= 0.3 is 0 Å². The van der Waals surface area contributed by atoms with E-state index in [2.05, 4.69) is 24.7 Å². The fourth-order valence-corrected chi connectivity index (χ4v) is 3.36. The van der Waals surface area contributed by atoms with Gasteiger partial charge in [-0.1, -0.05) is 74.5 Å². The molecule has 0 fully saturated rings. The van der Waals surface area contributed by atoms with Crippen LogP contribution in [0.3, 0.4) is 0 Å². The van der Waals surface area contributed by atoms with Crippen molar-refractivity contribution in [3.8, 4) is 5.75 Å². The van der Waals surface area contributed by atoms with Crippen molar-refractivity contribution in [3.63, 3.8) is 0 Å². The van der Waals surface area contributed by atoms with Crippen molar-refractivity contribution in [1.29, 1.82) is 0 Å². The summed E-state index contributed by atoms with van der Waals surface area (Å²) in [5.41, 5.74) is 6.94. The summed E-state index contributed by atoms with van der Waals surface area (Å²) in [5.74, 6) is 0.334. The van der Waals surface area contributed by atoms with E-state index in [9.17, 15) is 9.59 Å². The molecule has 0 aliphatic heterocycles. The Kier molecular flexibility index (Phi) is 7.07. The van der Waals surface area contributed by atoms with E-state index in [-0.39, 0.29) is 12.3 Å². The molecule has 30 heavy (non-hydrogen) atoms. The fraction of sp³-hybridized carbons (Fsp3) is 0.280. The lowest BCUT2D eigenvalue weighted by molar-refractivity contribution is -0.132. The number of carbonyl (C=O) groups excluding carboxylic acids is 2. The van der Waals surface area contributed by atoms with E-state index in [1.54, 1.807) is 6.92 Å². The van der Waals surface area contributed by atoms with Gasteiger partial charge < -0.3 is 4.74 Å². The average molecular weight is 405 g/mol. The summed E-state index contributed by atoms with van der Waals surface area (Å²) in [4.78, 5) is 24.8. The minimum atomic E-state index is -0.743. The van der Waals surface area contributed by atoms with Crippen LogP contribution in [0.25, 0.3) is 10.8 Å². The highest BCUT2D eigenvalue weighted by Gasteiger charge is 2.18. The van der Waals surface area contributed by atoms with E-state index in [1.807, 2.05) is 66.7 Å². The molecule has 0 bridgehead atoms. The third kappa shape index (κ3) is 5.17. The molecule has 2 amide bonds. The number of benzene rings is 3. The molecule has 0 aromatic heterocycles. The summed E-state index contributed by atoms with van der Waals surface area (Å²) in [6.07, 6.45) is 0.409. The standard InChI is InChI=1S/C25H28N2O3/c1-4-17(2)21-13-7-8-15-23(21)30-18(3)25(29)27-26-24(28)16-20-12-9-11-19-10-5-6-14-22(19)20/h5-15,17-18H,4,16H2,1-3H3,(H,26,28)(H,27,29). The van der Waals surface area contributed by atoms with E-state index < -0.39 is 12.0 Å². The summed E-state index contributed by atoms with van der Waals surface area (Å²) >= 11 is 0. The number of hydrogen-bond donors (Lipinski definition) is 2. The maximum absolute atomic E-state index is 12.4. The predicted molar refractivity (Wildman–Crippen MR) is 119 cm³/mol. The Bertz CT molecular complexity index is 1030. The van der Waals surface area contributed by atoms with Crippen LogP contribution < -0.4 is 15.6 Å². The summed E-state index contributed by atoms with van der Waals surface area (Å²) in [7, 11) is 0. The van der Waals surface area contributed by atoms with Crippen molar-refractivity contribution in [2.75, 3.05) is 0 Å². The van der Waals surface area contributed by atoms with E-state index in [0.29, 0.717) is 11.7 Å². The molecule has 0 aliphatic rings. The summed E-state index contributed by atoms with van der Waals surface area (Å²) in [5, 5.41) is 2.11. The Morgan fingerprint density at radius 3 is 2.40 bits per heavy atom. The zero-order valence-electron chi connectivity index (χ0n) is 17.6. The van der Waals surface area contributed by atoms with Crippen molar-refractivity contribution in [2.24, 2.45) is 0 Å². The number of hydrazine groups is 1. The van der Waals surface area contributed by atoms with E-state index in [4.69, 9.17) is 4.74 Å².